The summed E-state index contributed by atoms with van der Waals surface area (Å²) in [6.45, 7) is 0. The summed E-state index contributed by atoms with van der Waals surface area (Å²) in [6.07, 6.45) is 0. The first-order valence-corrected chi connectivity index (χ1v) is 34.0. The summed E-state index contributed by atoms with van der Waals surface area (Å²) < 4.78 is 7.15. The Kier molecular flexibility index (Phi) is 14.1. The number of aromatic nitrogens is 7. The van der Waals surface area contributed by atoms with E-state index in [0.29, 0.717) is 17.5 Å². The molecule has 0 atom stereocenters. The van der Waals surface area contributed by atoms with Gasteiger partial charge in [-0.1, -0.05) is 261 Å². The number of nitrogens with zero attached hydrogens (tertiary/aromatic N) is 6. The molecule has 0 radical (unpaired) electrons. The predicted octanol–water partition coefficient (Wildman–Crippen LogP) is 24.2. The summed E-state index contributed by atoms with van der Waals surface area (Å²) in [6, 6.07) is 130. The number of fused-ring (bicyclic) bond motifs is 12. The standard InChI is InChI=1S/C51H33N5.C42H28N2/c1-3-13-33(14-4-1)49-53-50(34-15-5-2-6-16-34)55-51(54-49)39-19-11-17-35(29-39)38-26-28-44-43-22-8-10-24-47(43)56(48(44)32-38)40-20-12-18-36(30-40)37-25-27-42-41-21-7-9-23-45(41)52-46(42)31-37;1-3-11-29(12-4-1)30-19-23-34(24-20-30)44-40-18-10-8-16-36(40)38-28-32(22-26-42(38)44)31-21-25-41-37(27-31)35-15-7-9-17-39(35)43(41)33-13-5-2-6-14-33/h1-32,52H;1-28H. The molecule has 1 N–H and O–H groups in total. The summed E-state index contributed by atoms with van der Waals surface area (Å²) in [4.78, 5) is 18.5. The monoisotopic (exact) mass is 1280 g/mol. The Hall–Kier alpha value is -13.5. The van der Waals surface area contributed by atoms with Gasteiger partial charge in [0, 0.05) is 87.9 Å². The fraction of sp³-hybridized carbons (Fsp3) is 0. The Labute approximate surface area is 577 Å². The average Bonchev–Trinajstić information content (AvgIpc) is 1.60. The van der Waals surface area contributed by atoms with Crippen molar-refractivity contribution in [2.24, 2.45) is 0 Å². The molecular formula is C93H61N7. The van der Waals surface area contributed by atoms with E-state index in [-0.39, 0.29) is 0 Å². The highest BCUT2D eigenvalue weighted by atomic mass is 15.0. The van der Waals surface area contributed by atoms with Crippen molar-refractivity contribution in [3.8, 4) is 95.7 Å². The Morgan fingerprint density at radius 2 is 0.510 bits per heavy atom. The zero-order valence-electron chi connectivity index (χ0n) is 54.3. The number of aromatic amines is 1. The zero-order valence-corrected chi connectivity index (χ0v) is 54.3. The fourth-order valence-electron chi connectivity index (χ4n) is 14.9. The molecule has 0 amide bonds. The highest BCUT2D eigenvalue weighted by molar-refractivity contribution is 6.14. The van der Waals surface area contributed by atoms with Gasteiger partial charge < -0.3 is 18.7 Å². The fourth-order valence-corrected chi connectivity index (χ4v) is 14.9. The van der Waals surface area contributed by atoms with Gasteiger partial charge in [0.05, 0.1) is 33.1 Å². The van der Waals surface area contributed by atoms with Crippen molar-refractivity contribution in [2.75, 3.05) is 0 Å². The second-order valence-electron chi connectivity index (χ2n) is 25.6. The van der Waals surface area contributed by atoms with Crippen molar-refractivity contribution in [1.29, 1.82) is 0 Å². The maximum Gasteiger partial charge on any atom is 0.164 e. The van der Waals surface area contributed by atoms with Crippen molar-refractivity contribution >= 4 is 87.2 Å². The van der Waals surface area contributed by atoms with E-state index >= 15 is 0 Å². The van der Waals surface area contributed by atoms with Crippen LogP contribution in [0.5, 0.6) is 0 Å². The van der Waals surface area contributed by atoms with Crippen LogP contribution in [0.15, 0.2) is 364 Å². The Bertz CT molecular complexity index is 6440. The molecule has 0 spiro atoms. The molecular weight excluding hydrogens is 1220 g/mol. The second kappa shape index (κ2) is 24.3. The summed E-state index contributed by atoms with van der Waals surface area (Å²) in [5.74, 6) is 1.93. The van der Waals surface area contributed by atoms with Gasteiger partial charge in [-0.25, -0.2) is 15.0 Å². The van der Waals surface area contributed by atoms with Crippen molar-refractivity contribution in [3.05, 3.63) is 364 Å². The van der Waals surface area contributed by atoms with Gasteiger partial charge in [-0.2, -0.15) is 0 Å². The third kappa shape index (κ3) is 10.2. The molecule has 100 heavy (non-hydrogen) atoms. The summed E-state index contributed by atoms with van der Waals surface area (Å²) >= 11 is 0. The highest BCUT2D eigenvalue weighted by Gasteiger charge is 2.20. The van der Waals surface area contributed by atoms with Gasteiger partial charge in [0.1, 0.15) is 0 Å². The normalized spacial score (nSPS) is 11.6. The number of nitrogens with one attached hydrogen (secondary N) is 1. The lowest BCUT2D eigenvalue weighted by Crippen LogP contribution is -2.00. The summed E-state index contributed by atoms with van der Waals surface area (Å²) in [5, 5.41) is 9.98. The molecule has 7 heteroatoms. The molecule has 468 valence electrons. The Morgan fingerprint density at radius 1 is 0.170 bits per heavy atom. The van der Waals surface area contributed by atoms with Gasteiger partial charge in [0.25, 0.3) is 0 Å². The molecule has 7 nitrogen and oxygen atoms in total. The second-order valence-corrected chi connectivity index (χ2v) is 25.6. The molecule has 0 aliphatic carbocycles. The van der Waals surface area contributed by atoms with Crippen LogP contribution in [-0.2, 0) is 0 Å². The average molecular weight is 1280 g/mol. The van der Waals surface area contributed by atoms with E-state index in [4.69, 9.17) is 15.0 Å². The van der Waals surface area contributed by atoms with Crippen molar-refractivity contribution in [1.82, 2.24) is 33.6 Å². The van der Waals surface area contributed by atoms with Gasteiger partial charge in [-0.05, 0) is 148 Å². The van der Waals surface area contributed by atoms with E-state index in [2.05, 4.69) is 322 Å². The van der Waals surface area contributed by atoms with E-state index in [1.54, 1.807) is 0 Å². The first kappa shape index (κ1) is 57.9. The maximum absolute atomic E-state index is 5.00. The van der Waals surface area contributed by atoms with E-state index in [0.717, 1.165) is 50.1 Å². The molecule has 0 aliphatic rings. The molecule has 20 aromatic rings. The molecule has 0 saturated heterocycles. The number of rotatable bonds is 10. The molecule has 0 bridgehead atoms. The minimum atomic E-state index is 0.636. The molecule has 15 aromatic carbocycles. The van der Waals surface area contributed by atoms with Crippen LogP contribution < -0.4 is 0 Å². The molecule has 0 saturated carbocycles. The van der Waals surface area contributed by atoms with E-state index in [1.165, 1.54) is 115 Å². The van der Waals surface area contributed by atoms with Gasteiger partial charge in [-0.15, -0.1) is 0 Å². The summed E-state index contributed by atoms with van der Waals surface area (Å²) in [5.41, 5.74) is 25.2. The van der Waals surface area contributed by atoms with Crippen LogP contribution in [0.25, 0.3) is 183 Å². The van der Waals surface area contributed by atoms with Gasteiger partial charge in [0.15, 0.2) is 17.5 Å². The zero-order chi connectivity index (χ0) is 66.0. The lowest BCUT2D eigenvalue weighted by molar-refractivity contribution is 1.07. The quantitative estimate of drug-likeness (QED) is 0.148. The van der Waals surface area contributed by atoms with Crippen LogP contribution in [-0.4, -0.2) is 33.6 Å². The van der Waals surface area contributed by atoms with E-state index in [9.17, 15) is 0 Å². The number of para-hydroxylation sites is 5. The number of benzene rings is 15. The topological polar surface area (TPSA) is 69.2 Å². The largest absolute Gasteiger partial charge is 0.354 e. The lowest BCUT2D eigenvalue weighted by atomic mass is 10.0. The van der Waals surface area contributed by atoms with Crippen molar-refractivity contribution in [2.45, 2.75) is 0 Å². The Balaban J connectivity index is 0.000000143. The van der Waals surface area contributed by atoms with Crippen LogP contribution in [0.1, 0.15) is 0 Å². The van der Waals surface area contributed by atoms with Crippen molar-refractivity contribution < 1.29 is 0 Å². The molecule has 5 aromatic heterocycles. The minimum absolute atomic E-state index is 0.636. The third-order valence-corrected chi connectivity index (χ3v) is 19.7. The predicted molar refractivity (Wildman–Crippen MR) is 417 cm³/mol. The van der Waals surface area contributed by atoms with Crippen LogP contribution >= 0.6 is 0 Å². The van der Waals surface area contributed by atoms with Crippen molar-refractivity contribution in [3.63, 3.8) is 0 Å². The third-order valence-electron chi connectivity index (χ3n) is 19.7. The van der Waals surface area contributed by atoms with E-state index < -0.39 is 0 Å². The maximum atomic E-state index is 5.00. The Morgan fingerprint density at radius 3 is 1.10 bits per heavy atom. The number of hydrogen-bond acceptors (Lipinski definition) is 3. The first-order chi connectivity index (χ1) is 49.6. The molecule has 20 rings (SSSR count). The highest BCUT2D eigenvalue weighted by Crippen LogP contribution is 2.41. The van der Waals surface area contributed by atoms with Gasteiger partial charge in [-0.3, -0.25) is 0 Å². The number of H-pyrrole nitrogens is 1. The smallest absolute Gasteiger partial charge is 0.164 e. The van der Waals surface area contributed by atoms with Crippen LogP contribution in [0, 0.1) is 0 Å². The molecule has 0 aliphatic heterocycles. The van der Waals surface area contributed by atoms with Crippen LogP contribution in [0.2, 0.25) is 0 Å². The first-order valence-electron chi connectivity index (χ1n) is 34.0. The van der Waals surface area contributed by atoms with E-state index in [1.807, 2.05) is 60.7 Å². The molecule has 0 unspecified atom stereocenters. The molecule has 0 fully saturated rings. The van der Waals surface area contributed by atoms with Crippen LogP contribution in [0.4, 0.5) is 0 Å². The molecule has 5 heterocycles. The number of hydrogen-bond donors (Lipinski definition) is 1. The SMILES string of the molecule is c1ccc(-c2ccc(-n3c4ccccc4c4cc(-c5ccc6c(c5)c5ccccc5n6-c5ccccc5)ccc43)cc2)cc1.c1ccc(-c2nc(-c3ccccc3)nc(-c3cccc(-c4ccc5c6ccccc6n(-c6cccc(-c7ccc8c(c7)[nH]c7ccccc78)c6)c5c4)c3)n2)cc1. The minimum Gasteiger partial charge on any atom is -0.354 e. The lowest BCUT2D eigenvalue weighted by Gasteiger charge is -2.12. The van der Waals surface area contributed by atoms with Crippen LogP contribution in [0.3, 0.4) is 0 Å². The summed E-state index contributed by atoms with van der Waals surface area (Å²) in [7, 11) is 0. The van der Waals surface area contributed by atoms with Gasteiger partial charge >= 0.3 is 0 Å². The van der Waals surface area contributed by atoms with Gasteiger partial charge in [0.2, 0.25) is 0 Å².